The van der Waals surface area contributed by atoms with Gasteiger partial charge in [-0.1, -0.05) is 15.9 Å². The van der Waals surface area contributed by atoms with E-state index in [4.69, 9.17) is 9.15 Å². The van der Waals surface area contributed by atoms with Gasteiger partial charge in [0.2, 0.25) is 5.89 Å². The van der Waals surface area contributed by atoms with E-state index in [2.05, 4.69) is 26.1 Å². The topological polar surface area (TPSA) is 65.2 Å². The molecule has 0 aliphatic heterocycles. The summed E-state index contributed by atoms with van der Waals surface area (Å²) in [4.78, 5) is 12.4. The Morgan fingerprint density at radius 2 is 1.52 bits per heavy atom. The van der Waals surface area contributed by atoms with Crippen LogP contribution in [0.25, 0.3) is 11.5 Å². The molecule has 4 aromatic rings. The van der Waals surface area contributed by atoms with Gasteiger partial charge < -0.3 is 9.15 Å². The Morgan fingerprint density at radius 3 is 2.17 bits per heavy atom. The summed E-state index contributed by atoms with van der Waals surface area (Å²) in [7, 11) is 0. The van der Waals surface area contributed by atoms with Crippen molar-refractivity contribution in [3.63, 3.8) is 0 Å². The number of carbonyl (C=O) groups is 1. The van der Waals surface area contributed by atoms with E-state index in [1.807, 2.05) is 24.3 Å². The number of carbonyl (C=O) groups excluding carboxylic acids is 1. The largest absolute Gasteiger partial charge is 0.484 e. The number of rotatable bonds is 6. The van der Waals surface area contributed by atoms with Crippen LogP contribution in [0.2, 0.25) is 0 Å². The molecular formula is C22H14BrFN2O3. The first-order valence-electron chi connectivity index (χ1n) is 8.70. The Morgan fingerprint density at radius 1 is 0.897 bits per heavy atom. The minimum absolute atomic E-state index is 0.106. The summed E-state index contributed by atoms with van der Waals surface area (Å²) >= 11 is 3.38. The summed E-state index contributed by atoms with van der Waals surface area (Å²) in [5.74, 6) is 0.747. The van der Waals surface area contributed by atoms with Gasteiger partial charge in [0.05, 0.1) is 0 Å². The molecule has 0 amide bonds. The number of aromatic nitrogens is 2. The zero-order valence-corrected chi connectivity index (χ0v) is 16.6. The molecule has 0 fully saturated rings. The third-order valence-corrected chi connectivity index (χ3v) is 4.67. The molecule has 0 N–H and O–H groups in total. The zero-order valence-electron chi connectivity index (χ0n) is 15.0. The predicted molar refractivity (Wildman–Crippen MR) is 108 cm³/mol. The molecule has 0 saturated heterocycles. The van der Waals surface area contributed by atoms with Crippen LogP contribution in [0, 0.1) is 5.82 Å². The highest BCUT2D eigenvalue weighted by Gasteiger charge is 2.11. The van der Waals surface area contributed by atoms with Crippen molar-refractivity contribution in [3.8, 4) is 17.2 Å². The lowest BCUT2D eigenvalue weighted by Crippen LogP contribution is -2.01. The molecule has 29 heavy (non-hydrogen) atoms. The Labute approximate surface area is 174 Å². The van der Waals surface area contributed by atoms with E-state index >= 15 is 0 Å². The highest BCUT2D eigenvalue weighted by molar-refractivity contribution is 9.10. The molecule has 3 aromatic carbocycles. The summed E-state index contributed by atoms with van der Waals surface area (Å²) < 4.78 is 25.2. The number of hydrogen-bond donors (Lipinski definition) is 0. The van der Waals surface area contributed by atoms with Gasteiger partial charge in [-0.25, -0.2) is 4.39 Å². The average Bonchev–Trinajstić information content (AvgIpc) is 3.22. The van der Waals surface area contributed by atoms with E-state index in [0.717, 1.165) is 10.0 Å². The third kappa shape index (κ3) is 4.57. The van der Waals surface area contributed by atoms with Crippen molar-refractivity contribution in [2.45, 2.75) is 6.61 Å². The fraction of sp³-hybridized carbons (Fsp3) is 0.0455. The van der Waals surface area contributed by atoms with Crippen LogP contribution in [0.4, 0.5) is 4.39 Å². The summed E-state index contributed by atoms with van der Waals surface area (Å²) in [6.07, 6.45) is 0. The molecule has 0 aliphatic rings. The van der Waals surface area contributed by atoms with Crippen molar-refractivity contribution in [1.29, 1.82) is 0 Å². The Bertz CT molecular complexity index is 1120. The minimum atomic E-state index is -0.380. The molecule has 0 atom stereocenters. The second-order valence-electron chi connectivity index (χ2n) is 6.16. The summed E-state index contributed by atoms with van der Waals surface area (Å²) in [5, 5.41) is 8.01. The second kappa shape index (κ2) is 8.36. The van der Waals surface area contributed by atoms with Gasteiger partial charge in [-0.15, -0.1) is 10.2 Å². The molecule has 7 heteroatoms. The number of ketones is 1. The van der Waals surface area contributed by atoms with Gasteiger partial charge in [-0.05, 0) is 72.8 Å². The van der Waals surface area contributed by atoms with Crippen LogP contribution in [0.1, 0.15) is 21.8 Å². The SMILES string of the molecule is O=C(c1ccc(F)cc1)c1ccc(OCc2nnc(-c3ccc(Br)cc3)o2)cc1. The molecule has 0 aliphatic carbocycles. The summed E-state index contributed by atoms with van der Waals surface area (Å²) in [6, 6.07) is 19.7. The third-order valence-electron chi connectivity index (χ3n) is 4.14. The van der Waals surface area contributed by atoms with Crippen LogP contribution >= 0.6 is 15.9 Å². The standard InChI is InChI=1S/C22H14BrFN2O3/c23-17-7-1-16(2-8-17)22-26-25-20(29-22)13-28-19-11-5-15(6-12-19)21(27)14-3-9-18(24)10-4-14/h1-12H,13H2. The predicted octanol–water partition coefficient (Wildman–Crippen LogP) is 5.45. The molecule has 5 nitrogen and oxygen atoms in total. The maximum absolute atomic E-state index is 13.0. The molecule has 0 radical (unpaired) electrons. The van der Waals surface area contributed by atoms with Gasteiger partial charge in [-0.2, -0.15) is 0 Å². The normalized spacial score (nSPS) is 10.7. The lowest BCUT2D eigenvalue weighted by Gasteiger charge is -2.05. The van der Waals surface area contributed by atoms with Crippen molar-refractivity contribution < 1.29 is 18.3 Å². The fourth-order valence-corrected chi connectivity index (χ4v) is 2.90. The Hall–Kier alpha value is -3.32. The lowest BCUT2D eigenvalue weighted by molar-refractivity contribution is 0.103. The molecule has 4 rings (SSSR count). The van der Waals surface area contributed by atoms with Crippen LogP contribution in [0.15, 0.2) is 81.7 Å². The van der Waals surface area contributed by atoms with Crippen LogP contribution in [-0.4, -0.2) is 16.0 Å². The molecule has 0 spiro atoms. The highest BCUT2D eigenvalue weighted by atomic mass is 79.9. The number of ether oxygens (including phenoxy) is 1. The van der Waals surface area contributed by atoms with E-state index in [1.54, 1.807) is 24.3 Å². The van der Waals surface area contributed by atoms with Crippen LogP contribution < -0.4 is 4.74 Å². The van der Waals surface area contributed by atoms with Gasteiger partial charge in [0.25, 0.3) is 5.89 Å². The van der Waals surface area contributed by atoms with Crippen molar-refractivity contribution in [3.05, 3.63) is 100 Å². The first-order chi connectivity index (χ1) is 14.1. The van der Waals surface area contributed by atoms with Gasteiger partial charge in [-0.3, -0.25) is 4.79 Å². The van der Waals surface area contributed by atoms with Crippen molar-refractivity contribution in [1.82, 2.24) is 10.2 Å². The quantitative estimate of drug-likeness (QED) is 0.364. The van der Waals surface area contributed by atoms with Crippen LogP contribution in [0.3, 0.4) is 0 Å². The summed E-state index contributed by atoms with van der Waals surface area (Å²) in [5.41, 5.74) is 1.72. The van der Waals surface area contributed by atoms with Gasteiger partial charge in [0.15, 0.2) is 12.4 Å². The minimum Gasteiger partial charge on any atom is -0.484 e. The first kappa shape index (κ1) is 19.0. The van der Waals surface area contributed by atoms with Crippen LogP contribution in [0.5, 0.6) is 5.75 Å². The second-order valence-corrected chi connectivity index (χ2v) is 7.07. The lowest BCUT2D eigenvalue weighted by atomic mass is 10.0. The fourth-order valence-electron chi connectivity index (χ4n) is 2.64. The van der Waals surface area contributed by atoms with E-state index in [0.29, 0.717) is 28.7 Å². The zero-order chi connectivity index (χ0) is 20.2. The van der Waals surface area contributed by atoms with E-state index in [1.165, 1.54) is 24.3 Å². The maximum Gasteiger partial charge on any atom is 0.254 e. The first-order valence-corrected chi connectivity index (χ1v) is 9.49. The smallest absolute Gasteiger partial charge is 0.254 e. The van der Waals surface area contributed by atoms with Crippen LogP contribution in [-0.2, 0) is 6.61 Å². The van der Waals surface area contributed by atoms with Gasteiger partial charge in [0.1, 0.15) is 11.6 Å². The molecule has 0 bridgehead atoms. The maximum atomic E-state index is 13.0. The number of halogens is 2. The average molecular weight is 453 g/mol. The molecule has 1 heterocycles. The summed E-state index contributed by atoms with van der Waals surface area (Å²) in [6.45, 7) is 0.106. The van der Waals surface area contributed by atoms with Gasteiger partial charge >= 0.3 is 0 Å². The Balaban J connectivity index is 1.39. The molecule has 144 valence electrons. The molecular weight excluding hydrogens is 439 g/mol. The molecule has 0 saturated carbocycles. The number of hydrogen-bond acceptors (Lipinski definition) is 5. The van der Waals surface area contributed by atoms with Gasteiger partial charge in [0, 0.05) is 21.2 Å². The molecule has 0 unspecified atom stereocenters. The van der Waals surface area contributed by atoms with Crippen molar-refractivity contribution in [2.75, 3.05) is 0 Å². The monoisotopic (exact) mass is 452 g/mol. The van der Waals surface area contributed by atoms with E-state index in [-0.39, 0.29) is 18.2 Å². The van der Waals surface area contributed by atoms with Crippen molar-refractivity contribution >= 4 is 21.7 Å². The highest BCUT2D eigenvalue weighted by Crippen LogP contribution is 2.21. The Kier molecular flexibility index (Phi) is 5.48. The van der Waals surface area contributed by atoms with E-state index in [9.17, 15) is 9.18 Å². The number of nitrogens with zero attached hydrogens (tertiary/aromatic N) is 2. The van der Waals surface area contributed by atoms with Crippen molar-refractivity contribution in [2.24, 2.45) is 0 Å². The van der Waals surface area contributed by atoms with E-state index < -0.39 is 0 Å². The molecule has 1 aromatic heterocycles. The number of benzene rings is 3.